The summed E-state index contributed by atoms with van der Waals surface area (Å²) in [7, 11) is 5.91. The zero-order valence-electron chi connectivity index (χ0n) is 10.7. The van der Waals surface area contributed by atoms with E-state index in [4.69, 9.17) is 0 Å². The van der Waals surface area contributed by atoms with Crippen LogP contribution in [-0.2, 0) is 0 Å². The number of hydrogen-bond acceptors (Lipinski definition) is 3. The molecule has 0 spiro atoms. The van der Waals surface area contributed by atoms with Gasteiger partial charge in [0.05, 0.1) is 5.69 Å². The van der Waals surface area contributed by atoms with Crippen molar-refractivity contribution in [1.82, 2.24) is 9.78 Å². The molecule has 0 saturated heterocycles. The first-order valence-electron chi connectivity index (χ1n) is 5.64. The molecule has 0 unspecified atom stereocenters. The summed E-state index contributed by atoms with van der Waals surface area (Å²) in [6, 6.07) is 10.3. The molecule has 1 N–H and O–H groups in total. The molecule has 1 aromatic heterocycles. The third-order valence-electron chi connectivity index (χ3n) is 2.65. The van der Waals surface area contributed by atoms with Crippen molar-refractivity contribution < 1.29 is 0 Å². The lowest BCUT2D eigenvalue weighted by Gasteiger charge is -2.14. The molecule has 4 heteroatoms. The quantitative estimate of drug-likeness (QED) is 0.878. The molecule has 0 bridgehead atoms. The second kappa shape index (κ2) is 4.49. The summed E-state index contributed by atoms with van der Waals surface area (Å²) in [6.45, 7) is 2.08. The standard InChI is InChI=1S/C13H18N4/c1-10-6-5-7-11(8-10)17-13(16(3)4)9-12(14-2)15-17/h5-9H,1-4H3,(H,14,15). The summed E-state index contributed by atoms with van der Waals surface area (Å²) in [6.07, 6.45) is 0. The first-order chi connectivity index (χ1) is 8.11. The van der Waals surface area contributed by atoms with E-state index in [0.717, 1.165) is 17.3 Å². The van der Waals surface area contributed by atoms with Crippen molar-refractivity contribution in [2.45, 2.75) is 6.92 Å². The lowest BCUT2D eigenvalue weighted by atomic mass is 10.2. The number of nitrogens with one attached hydrogen (secondary N) is 1. The van der Waals surface area contributed by atoms with Crippen molar-refractivity contribution in [2.75, 3.05) is 31.4 Å². The first-order valence-corrected chi connectivity index (χ1v) is 5.64. The zero-order valence-corrected chi connectivity index (χ0v) is 10.7. The number of rotatable bonds is 3. The van der Waals surface area contributed by atoms with Gasteiger partial charge in [0.25, 0.3) is 0 Å². The monoisotopic (exact) mass is 230 g/mol. The van der Waals surface area contributed by atoms with Gasteiger partial charge >= 0.3 is 0 Å². The molecule has 0 saturated carbocycles. The Morgan fingerprint density at radius 2 is 2.00 bits per heavy atom. The lowest BCUT2D eigenvalue weighted by Crippen LogP contribution is -2.14. The third kappa shape index (κ3) is 2.25. The topological polar surface area (TPSA) is 33.1 Å². The highest BCUT2D eigenvalue weighted by Gasteiger charge is 2.10. The Kier molecular flexibility index (Phi) is 3.04. The number of benzene rings is 1. The molecule has 0 amide bonds. The summed E-state index contributed by atoms with van der Waals surface area (Å²) >= 11 is 0. The summed E-state index contributed by atoms with van der Waals surface area (Å²) < 4.78 is 1.94. The molecular weight excluding hydrogens is 212 g/mol. The van der Waals surface area contributed by atoms with Gasteiger partial charge in [0, 0.05) is 27.2 Å². The Bertz CT molecular complexity index is 514. The molecule has 0 aliphatic carbocycles. The first kappa shape index (κ1) is 11.5. The SMILES string of the molecule is CNc1cc(N(C)C)n(-c2cccc(C)c2)n1. The van der Waals surface area contributed by atoms with E-state index < -0.39 is 0 Å². The van der Waals surface area contributed by atoms with Crippen LogP contribution in [0.5, 0.6) is 0 Å². The normalized spacial score (nSPS) is 10.4. The lowest BCUT2D eigenvalue weighted by molar-refractivity contribution is 0.855. The minimum atomic E-state index is 0.871. The maximum atomic E-state index is 4.53. The summed E-state index contributed by atoms with van der Waals surface area (Å²) in [5.74, 6) is 1.93. The van der Waals surface area contributed by atoms with Gasteiger partial charge in [0.1, 0.15) is 11.6 Å². The van der Waals surface area contributed by atoms with Crippen LogP contribution in [0.25, 0.3) is 5.69 Å². The van der Waals surface area contributed by atoms with Crippen molar-refractivity contribution >= 4 is 11.6 Å². The van der Waals surface area contributed by atoms with Crippen molar-refractivity contribution in [3.8, 4) is 5.69 Å². The number of aromatic nitrogens is 2. The van der Waals surface area contributed by atoms with Crippen LogP contribution in [0, 0.1) is 6.92 Å². The predicted molar refractivity (Wildman–Crippen MR) is 72.2 cm³/mol. The molecule has 0 aliphatic heterocycles. The smallest absolute Gasteiger partial charge is 0.150 e. The zero-order chi connectivity index (χ0) is 12.4. The van der Waals surface area contributed by atoms with Gasteiger partial charge in [-0.25, -0.2) is 4.68 Å². The molecule has 0 atom stereocenters. The highest BCUT2D eigenvalue weighted by atomic mass is 15.4. The van der Waals surface area contributed by atoms with Crippen LogP contribution in [0.2, 0.25) is 0 Å². The summed E-state index contributed by atoms with van der Waals surface area (Å²) in [5, 5.41) is 7.59. The minimum absolute atomic E-state index is 0.871. The minimum Gasteiger partial charge on any atom is -0.372 e. The van der Waals surface area contributed by atoms with Gasteiger partial charge in [-0.2, -0.15) is 0 Å². The highest BCUT2D eigenvalue weighted by Crippen LogP contribution is 2.22. The second-order valence-corrected chi connectivity index (χ2v) is 4.28. The molecule has 2 rings (SSSR count). The Morgan fingerprint density at radius 1 is 1.24 bits per heavy atom. The van der Waals surface area contributed by atoms with Gasteiger partial charge in [-0.1, -0.05) is 12.1 Å². The highest BCUT2D eigenvalue weighted by molar-refractivity contribution is 5.54. The summed E-state index contributed by atoms with van der Waals surface area (Å²) in [5.41, 5.74) is 2.31. The molecule has 17 heavy (non-hydrogen) atoms. The largest absolute Gasteiger partial charge is 0.372 e. The van der Waals surface area contributed by atoms with E-state index in [2.05, 4.69) is 40.4 Å². The van der Waals surface area contributed by atoms with Gasteiger partial charge in [-0.15, -0.1) is 5.10 Å². The van der Waals surface area contributed by atoms with Crippen LogP contribution in [0.3, 0.4) is 0 Å². The van der Waals surface area contributed by atoms with Crippen molar-refractivity contribution in [3.63, 3.8) is 0 Å². The van der Waals surface area contributed by atoms with E-state index in [9.17, 15) is 0 Å². The predicted octanol–water partition coefficient (Wildman–Crippen LogP) is 2.29. The fourth-order valence-corrected chi connectivity index (χ4v) is 1.76. The molecule has 2 aromatic rings. The van der Waals surface area contributed by atoms with Crippen LogP contribution in [0.4, 0.5) is 11.6 Å². The molecule has 1 aromatic carbocycles. The average molecular weight is 230 g/mol. The van der Waals surface area contributed by atoms with Gasteiger partial charge in [-0.05, 0) is 24.6 Å². The van der Waals surface area contributed by atoms with E-state index in [0.29, 0.717) is 0 Å². The maximum Gasteiger partial charge on any atom is 0.150 e. The average Bonchev–Trinajstić information content (AvgIpc) is 2.73. The van der Waals surface area contributed by atoms with Crippen LogP contribution in [0.15, 0.2) is 30.3 Å². The van der Waals surface area contributed by atoms with Gasteiger partial charge in [-0.3, -0.25) is 0 Å². The Balaban J connectivity index is 2.53. The van der Waals surface area contributed by atoms with Gasteiger partial charge < -0.3 is 10.2 Å². The molecule has 90 valence electrons. The second-order valence-electron chi connectivity index (χ2n) is 4.28. The Morgan fingerprint density at radius 3 is 2.59 bits per heavy atom. The number of hydrogen-bond donors (Lipinski definition) is 1. The van der Waals surface area contributed by atoms with Gasteiger partial charge in [0.15, 0.2) is 0 Å². The molecule has 0 fully saturated rings. The molecular formula is C13H18N4. The Hall–Kier alpha value is -1.97. The molecule has 0 radical (unpaired) electrons. The third-order valence-corrected chi connectivity index (χ3v) is 2.65. The van der Waals surface area contributed by atoms with E-state index in [1.807, 2.05) is 38.0 Å². The van der Waals surface area contributed by atoms with E-state index in [1.54, 1.807) is 0 Å². The van der Waals surface area contributed by atoms with E-state index in [1.165, 1.54) is 5.56 Å². The summed E-state index contributed by atoms with van der Waals surface area (Å²) in [4.78, 5) is 2.05. The van der Waals surface area contributed by atoms with Crippen LogP contribution >= 0.6 is 0 Å². The molecule has 4 nitrogen and oxygen atoms in total. The van der Waals surface area contributed by atoms with E-state index in [-0.39, 0.29) is 0 Å². The number of nitrogens with zero attached hydrogens (tertiary/aromatic N) is 3. The molecule has 1 heterocycles. The van der Waals surface area contributed by atoms with E-state index >= 15 is 0 Å². The van der Waals surface area contributed by atoms with Crippen LogP contribution < -0.4 is 10.2 Å². The number of aryl methyl sites for hydroxylation is 1. The fourth-order valence-electron chi connectivity index (χ4n) is 1.76. The Labute approximate surface area is 102 Å². The number of anilines is 2. The van der Waals surface area contributed by atoms with Crippen molar-refractivity contribution in [1.29, 1.82) is 0 Å². The van der Waals surface area contributed by atoms with Crippen LogP contribution in [-0.4, -0.2) is 30.9 Å². The van der Waals surface area contributed by atoms with Crippen molar-refractivity contribution in [3.05, 3.63) is 35.9 Å². The fraction of sp³-hybridized carbons (Fsp3) is 0.308. The molecule has 0 aliphatic rings. The van der Waals surface area contributed by atoms with Crippen LogP contribution in [0.1, 0.15) is 5.56 Å². The maximum absolute atomic E-state index is 4.53. The van der Waals surface area contributed by atoms with Gasteiger partial charge in [0.2, 0.25) is 0 Å². The van der Waals surface area contributed by atoms with Crippen molar-refractivity contribution in [2.24, 2.45) is 0 Å².